The predicted molar refractivity (Wildman–Crippen MR) is 83.9 cm³/mol. The van der Waals surface area contributed by atoms with Crippen molar-refractivity contribution in [2.45, 2.75) is 6.92 Å². The molecule has 3 rings (SSSR count). The summed E-state index contributed by atoms with van der Waals surface area (Å²) in [4.78, 5) is 3.39. The molecule has 0 aliphatic heterocycles. The maximum absolute atomic E-state index is 3.59. The molecule has 0 saturated carbocycles. The van der Waals surface area contributed by atoms with Crippen LogP contribution in [0.4, 0.5) is 0 Å². The minimum Gasteiger partial charge on any atom is -0.358 e. The van der Waals surface area contributed by atoms with Gasteiger partial charge in [0, 0.05) is 20.0 Å². The molecule has 0 saturated heterocycles. The molecule has 0 atom stereocenters. The van der Waals surface area contributed by atoms with E-state index in [2.05, 4.69) is 86.2 Å². The summed E-state index contributed by atoms with van der Waals surface area (Å²) in [5, 5.41) is 1.25. The summed E-state index contributed by atoms with van der Waals surface area (Å²) >= 11 is 7.06. The third-order valence-corrected chi connectivity index (χ3v) is 4.22. The Balaban J connectivity index is 2.29. The van der Waals surface area contributed by atoms with Crippen LogP contribution in [0, 0.1) is 6.92 Å². The molecule has 0 aliphatic rings. The smallest absolute Gasteiger partial charge is 0.0606 e. The lowest BCUT2D eigenvalue weighted by atomic mass is 10.0. The van der Waals surface area contributed by atoms with Gasteiger partial charge in [0.15, 0.2) is 0 Å². The molecule has 0 aliphatic carbocycles. The summed E-state index contributed by atoms with van der Waals surface area (Å²) < 4.78 is 2.20. The van der Waals surface area contributed by atoms with Gasteiger partial charge in [0.25, 0.3) is 0 Å². The Bertz CT molecular complexity index is 711. The molecule has 0 fully saturated rings. The maximum Gasteiger partial charge on any atom is 0.0606 e. The van der Waals surface area contributed by atoms with Crippen LogP contribution >= 0.6 is 31.9 Å². The van der Waals surface area contributed by atoms with Crippen molar-refractivity contribution in [3.8, 4) is 11.1 Å². The number of H-pyrrole nitrogens is 1. The highest BCUT2D eigenvalue weighted by Gasteiger charge is 2.08. The van der Waals surface area contributed by atoms with E-state index < -0.39 is 0 Å². The Morgan fingerprint density at radius 1 is 0.944 bits per heavy atom. The van der Waals surface area contributed by atoms with Crippen molar-refractivity contribution in [1.82, 2.24) is 4.98 Å². The fraction of sp³-hybridized carbons (Fsp3) is 0.0667. The van der Waals surface area contributed by atoms with Crippen LogP contribution in [0.15, 0.2) is 51.4 Å². The van der Waals surface area contributed by atoms with Crippen LogP contribution in [0.5, 0.6) is 0 Å². The minimum atomic E-state index is 1.10. The Morgan fingerprint density at radius 2 is 1.67 bits per heavy atom. The Kier molecular flexibility index (Phi) is 3.04. The number of hydrogen-bond donors (Lipinski definition) is 1. The van der Waals surface area contributed by atoms with Gasteiger partial charge in [0.05, 0.1) is 5.52 Å². The summed E-state index contributed by atoms with van der Waals surface area (Å²) in [6.07, 6.45) is 0. The van der Waals surface area contributed by atoms with Crippen LogP contribution in [-0.4, -0.2) is 4.98 Å². The molecule has 0 amide bonds. The zero-order valence-corrected chi connectivity index (χ0v) is 13.0. The largest absolute Gasteiger partial charge is 0.358 e. The van der Waals surface area contributed by atoms with E-state index in [1.54, 1.807) is 0 Å². The number of aromatic amines is 1. The van der Waals surface area contributed by atoms with E-state index >= 15 is 0 Å². The van der Waals surface area contributed by atoms with Gasteiger partial charge in [0.2, 0.25) is 0 Å². The first kappa shape index (κ1) is 12.0. The fourth-order valence-corrected chi connectivity index (χ4v) is 2.91. The summed E-state index contributed by atoms with van der Waals surface area (Å²) in [7, 11) is 0. The third-order valence-electron chi connectivity index (χ3n) is 3.03. The van der Waals surface area contributed by atoms with Crippen LogP contribution in [0.3, 0.4) is 0 Å². The van der Waals surface area contributed by atoms with Gasteiger partial charge in [-0.05, 0) is 58.2 Å². The van der Waals surface area contributed by atoms with Crippen LogP contribution in [0.2, 0.25) is 0 Å². The highest BCUT2D eigenvalue weighted by Crippen LogP contribution is 2.33. The molecule has 1 N–H and O–H groups in total. The van der Waals surface area contributed by atoms with E-state index in [4.69, 9.17) is 0 Å². The molecule has 0 radical (unpaired) electrons. The Hall–Kier alpha value is -1.06. The van der Waals surface area contributed by atoms with Gasteiger partial charge in [-0.2, -0.15) is 0 Å². The number of rotatable bonds is 1. The van der Waals surface area contributed by atoms with Gasteiger partial charge in [-0.3, -0.25) is 0 Å². The molecule has 2 aromatic carbocycles. The molecule has 3 aromatic rings. The van der Waals surface area contributed by atoms with Gasteiger partial charge in [-0.15, -0.1) is 0 Å². The Labute approximate surface area is 122 Å². The third kappa shape index (κ3) is 2.02. The van der Waals surface area contributed by atoms with Gasteiger partial charge < -0.3 is 4.98 Å². The topological polar surface area (TPSA) is 15.8 Å². The molecule has 1 nitrogen and oxygen atoms in total. The van der Waals surface area contributed by atoms with Crippen LogP contribution in [0.25, 0.3) is 22.0 Å². The first-order valence-corrected chi connectivity index (χ1v) is 7.27. The number of aromatic nitrogens is 1. The molecular formula is C15H11Br2N. The van der Waals surface area contributed by atoms with E-state index in [0.717, 1.165) is 14.5 Å². The molecule has 18 heavy (non-hydrogen) atoms. The van der Waals surface area contributed by atoms with E-state index in [9.17, 15) is 0 Å². The van der Waals surface area contributed by atoms with Gasteiger partial charge in [-0.25, -0.2) is 0 Å². The quantitative estimate of drug-likeness (QED) is 0.572. The molecule has 90 valence electrons. The second-order valence-corrected chi connectivity index (χ2v) is 6.11. The minimum absolute atomic E-state index is 1.10. The molecule has 3 heteroatoms. The zero-order chi connectivity index (χ0) is 12.7. The van der Waals surface area contributed by atoms with Gasteiger partial charge in [0.1, 0.15) is 0 Å². The van der Waals surface area contributed by atoms with E-state index in [1.807, 2.05) is 0 Å². The lowest BCUT2D eigenvalue weighted by molar-refractivity contribution is 1.30. The number of nitrogens with one attached hydrogen (secondary N) is 1. The van der Waals surface area contributed by atoms with Gasteiger partial charge >= 0.3 is 0 Å². The monoisotopic (exact) mass is 363 g/mol. The molecule has 0 unspecified atom stereocenters. The number of benzene rings is 2. The SMILES string of the molecule is Cc1cc2c(-c3ccc(Br)cc3)ccc(Br)c2[nH]1. The molecular weight excluding hydrogens is 354 g/mol. The van der Waals surface area contributed by atoms with E-state index in [-0.39, 0.29) is 0 Å². The summed E-state index contributed by atoms with van der Waals surface area (Å²) in [6, 6.07) is 14.9. The summed E-state index contributed by atoms with van der Waals surface area (Å²) in [5.74, 6) is 0. The highest BCUT2D eigenvalue weighted by molar-refractivity contribution is 9.11. The standard InChI is InChI=1S/C15H11Br2N/c1-9-8-13-12(6-7-14(17)15(13)18-9)10-2-4-11(16)5-3-10/h2-8,18H,1H3. The van der Waals surface area contributed by atoms with Crippen molar-refractivity contribution in [3.63, 3.8) is 0 Å². The van der Waals surface area contributed by atoms with E-state index in [0.29, 0.717) is 0 Å². The number of halogens is 2. The average Bonchev–Trinajstić information content (AvgIpc) is 2.74. The van der Waals surface area contributed by atoms with Gasteiger partial charge in [-0.1, -0.05) is 34.1 Å². The van der Waals surface area contributed by atoms with Crippen molar-refractivity contribution >= 4 is 42.8 Å². The Morgan fingerprint density at radius 3 is 2.39 bits per heavy atom. The molecule has 0 spiro atoms. The van der Waals surface area contributed by atoms with Crippen LogP contribution in [-0.2, 0) is 0 Å². The van der Waals surface area contributed by atoms with E-state index in [1.165, 1.54) is 22.2 Å². The van der Waals surface area contributed by atoms with Crippen molar-refractivity contribution < 1.29 is 0 Å². The van der Waals surface area contributed by atoms with Crippen molar-refractivity contribution in [3.05, 3.63) is 57.1 Å². The number of aryl methyl sites for hydroxylation is 1. The first-order valence-electron chi connectivity index (χ1n) is 5.69. The number of fused-ring (bicyclic) bond motifs is 1. The lowest BCUT2D eigenvalue weighted by Gasteiger charge is -2.05. The summed E-state index contributed by atoms with van der Waals surface area (Å²) in [5.41, 5.74) is 4.82. The molecule has 0 bridgehead atoms. The van der Waals surface area contributed by atoms with Crippen molar-refractivity contribution in [1.29, 1.82) is 0 Å². The number of hydrogen-bond acceptors (Lipinski definition) is 0. The maximum atomic E-state index is 3.59. The second-order valence-electron chi connectivity index (χ2n) is 4.34. The average molecular weight is 365 g/mol. The lowest BCUT2D eigenvalue weighted by Crippen LogP contribution is -1.80. The first-order chi connectivity index (χ1) is 8.65. The molecule has 1 heterocycles. The zero-order valence-electron chi connectivity index (χ0n) is 9.80. The highest BCUT2D eigenvalue weighted by atomic mass is 79.9. The van der Waals surface area contributed by atoms with Crippen LogP contribution < -0.4 is 0 Å². The normalized spacial score (nSPS) is 11.1. The fourth-order valence-electron chi connectivity index (χ4n) is 2.20. The summed E-state index contributed by atoms with van der Waals surface area (Å²) in [6.45, 7) is 2.08. The second kappa shape index (κ2) is 4.56. The van der Waals surface area contributed by atoms with Crippen molar-refractivity contribution in [2.24, 2.45) is 0 Å². The molecule has 1 aromatic heterocycles. The predicted octanol–water partition coefficient (Wildman–Crippen LogP) is 5.67. The van der Waals surface area contributed by atoms with Crippen molar-refractivity contribution in [2.75, 3.05) is 0 Å². The van der Waals surface area contributed by atoms with Crippen LogP contribution in [0.1, 0.15) is 5.69 Å².